The van der Waals surface area contributed by atoms with Gasteiger partial charge in [0.2, 0.25) is 0 Å². The molecular formula is C10H12N4O2. The summed E-state index contributed by atoms with van der Waals surface area (Å²) in [6.45, 7) is 3.71. The highest BCUT2D eigenvalue weighted by Gasteiger charge is 2.26. The van der Waals surface area contributed by atoms with E-state index >= 15 is 0 Å². The highest BCUT2D eigenvalue weighted by atomic mass is 16.4. The normalized spacial score (nSPS) is 13.2. The van der Waals surface area contributed by atoms with Crippen molar-refractivity contribution in [1.82, 2.24) is 19.6 Å². The molecule has 0 bridgehead atoms. The molecule has 2 heterocycles. The highest BCUT2D eigenvalue weighted by Crippen LogP contribution is 2.23. The van der Waals surface area contributed by atoms with Gasteiger partial charge in [-0.1, -0.05) is 13.8 Å². The quantitative estimate of drug-likeness (QED) is 0.832. The highest BCUT2D eigenvalue weighted by molar-refractivity contribution is 5.75. The summed E-state index contributed by atoms with van der Waals surface area (Å²) >= 11 is 0. The molecule has 16 heavy (non-hydrogen) atoms. The lowest BCUT2D eigenvalue weighted by Crippen LogP contribution is -2.17. The van der Waals surface area contributed by atoms with Crippen molar-refractivity contribution in [2.75, 3.05) is 0 Å². The number of fused-ring (bicyclic) bond motifs is 1. The lowest BCUT2D eigenvalue weighted by atomic mass is 9.93. The van der Waals surface area contributed by atoms with Gasteiger partial charge in [-0.3, -0.25) is 9.20 Å². The van der Waals surface area contributed by atoms with Crippen molar-refractivity contribution in [3.05, 3.63) is 24.3 Å². The minimum atomic E-state index is -0.869. The molecule has 2 aromatic heterocycles. The van der Waals surface area contributed by atoms with Gasteiger partial charge in [-0.05, 0) is 5.92 Å². The summed E-state index contributed by atoms with van der Waals surface area (Å²) in [6.07, 6.45) is 4.91. The van der Waals surface area contributed by atoms with Crippen molar-refractivity contribution in [2.45, 2.75) is 19.8 Å². The minimum Gasteiger partial charge on any atom is -0.481 e. The largest absolute Gasteiger partial charge is 0.481 e. The first-order chi connectivity index (χ1) is 7.59. The van der Waals surface area contributed by atoms with E-state index in [1.54, 1.807) is 16.8 Å². The second kappa shape index (κ2) is 3.88. The summed E-state index contributed by atoms with van der Waals surface area (Å²) in [4.78, 5) is 15.3. The van der Waals surface area contributed by atoms with Crippen LogP contribution in [0.3, 0.4) is 0 Å². The maximum Gasteiger partial charge on any atom is 0.312 e. The van der Waals surface area contributed by atoms with Crippen LogP contribution in [-0.2, 0) is 4.79 Å². The molecule has 6 nitrogen and oxygen atoms in total. The Morgan fingerprint density at radius 3 is 2.81 bits per heavy atom. The van der Waals surface area contributed by atoms with E-state index in [4.69, 9.17) is 5.11 Å². The topological polar surface area (TPSA) is 80.4 Å². The van der Waals surface area contributed by atoms with E-state index in [1.807, 2.05) is 13.8 Å². The Morgan fingerprint density at radius 2 is 2.25 bits per heavy atom. The van der Waals surface area contributed by atoms with Crippen LogP contribution in [0.15, 0.2) is 18.6 Å². The number of hydrogen-bond acceptors (Lipinski definition) is 4. The van der Waals surface area contributed by atoms with Gasteiger partial charge in [-0.25, -0.2) is 4.98 Å². The zero-order chi connectivity index (χ0) is 11.7. The van der Waals surface area contributed by atoms with E-state index < -0.39 is 11.9 Å². The van der Waals surface area contributed by atoms with Crippen molar-refractivity contribution in [2.24, 2.45) is 5.92 Å². The monoisotopic (exact) mass is 220 g/mol. The van der Waals surface area contributed by atoms with Crippen molar-refractivity contribution < 1.29 is 9.90 Å². The number of carboxylic acids is 1. The molecule has 0 aliphatic heterocycles. The standard InChI is InChI=1S/C10H12N4O2/c1-6(2)8(9(15)16)7-5-14-4-3-11-13-10(14)12-7/h3-6,8H,1-2H3,(H,15,16). The number of nitrogens with zero attached hydrogens (tertiary/aromatic N) is 4. The molecule has 2 rings (SSSR count). The fourth-order valence-electron chi connectivity index (χ4n) is 1.68. The van der Waals surface area contributed by atoms with Crippen LogP contribution in [0.5, 0.6) is 0 Å². The Kier molecular flexibility index (Phi) is 2.55. The zero-order valence-electron chi connectivity index (χ0n) is 9.03. The molecule has 0 amide bonds. The van der Waals surface area contributed by atoms with Gasteiger partial charge in [-0.2, -0.15) is 5.10 Å². The number of aliphatic carboxylic acids is 1. The average molecular weight is 220 g/mol. The molecular weight excluding hydrogens is 208 g/mol. The molecule has 1 unspecified atom stereocenters. The van der Waals surface area contributed by atoms with Crippen LogP contribution in [-0.4, -0.2) is 30.7 Å². The summed E-state index contributed by atoms with van der Waals surface area (Å²) < 4.78 is 1.67. The smallest absolute Gasteiger partial charge is 0.312 e. The second-order valence-electron chi connectivity index (χ2n) is 3.95. The third kappa shape index (κ3) is 1.73. The first kappa shape index (κ1) is 10.5. The van der Waals surface area contributed by atoms with Crippen LogP contribution >= 0.6 is 0 Å². The van der Waals surface area contributed by atoms with E-state index in [0.29, 0.717) is 11.5 Å². The number of carbonyl (C=O) groups is 1. The third-order valence-electron chi connectivity index (χ3n) is 2.42. The first-order valence-corrected chi connectivity index (χ1v) is 4.98. The number of imidazole rings is 1. The van der Waals surface area contributed by atoms with Gasteiger partial charge in [0.1, 0.15) is 5.92 Å². The Labute approximate surface area is 92.0 Å². The van der Waals surface area contributed by atoms with Gasteiger partial charge < -0.3 is 5.11 Å². The molecule has 0 radical (unpaired) electrons. The molecule has 0 saturated heterocycles. The van der Waals surface area contributed by atoms with Crippen molar-refractivity contribution in [3.8, 4) is 0 Å². The molecule has 1 N–H and O–H groups in total. The Morgan fingerprint density at radius 1 is 1.50 bits per heavy atom. The summed E-state index contributed by atoms with van der Waals surface area (Å²) in [5.74, 6) is -1.08. The third-order valence-corrected chi connectivity index (χ3v) is 2.42. The van der Waals surface area contributed by atoms with Crippen molar-refractivity contribution in [3.63, 3.8) is 0 Å². The van der Waals surface area contributed by atoms with Crippen LogP contribution in [0.25, 0.3) is 5.78 Å². The van der Waals surface area contributed by atoms with E-state index in [-0.39, 0.29) is 5.92 Å². The number of rotatable bonds is 3. The molecule has 0 fully saturated rings. The van der Waals surface area contributed by atoms with Gasteiger partial charge >= 0.3 is 5.97 Å². The van der Waals surface area contributed by atoms with Crippen molar-refractivity contribution >= 4 is 11.7 Å². The molecule has 2 aromatic rings. The average Bonchev–Trinajstić information content (AvgIpc) is 2.58. The molecule has 0 spiro atoms. The predicted octanol–water partition coefficient (Wildman–Crippen LogP) is 0.948. The van der Waals surface area contributed by atoms with E-state index in [1.165, 1.54) is 6.20 Å². The zero-order valence-corrected chi connectivity index (χ0v) is 9.03. The van der Waals surface area contributed by atoms with E-state index in [9.17, 15) is 4.79 Å². The molecule has 1 atom stereocenters. The van der Waals surface area contributed by atoms with Crippen LogP contribution in [0.4, 0.5) is 0 Å². The van der Waals surface area contributed by atoms with Crippen LogP contribution in [0.1, 0.15) is 25.5 Å². The lowest BCUT2D eigenvalue weighted by Gasteiger charge is -2.12. The molecule has 0 saturated carbocycles. The summed E-state index contributed by atoms with van der Waals surface area (Å²) in [7, 11) is 0. The molecule has 84 valence electrons. The van der Waals surface area contributed by atoms with Gasteiger partial charge in [-0.15, -0.1) is 5.10 Å². The van der Waals surface area contributed by atoms with Crippen LogP contribution in [0.2, 0.25) is 0 Å². The summed E-state index contributed by atoms with van der Waals surface area (Å²) in [5.41, 5.74) is 0.517. The van der Waals surface area contributed by atoms with Crippen LogP contribution in [0, 0.1) is 5.92 Å². The molecule has 0 aromatic carbocycles. The SMILES string of the molecule is CC(C)C(C(=O)O)c1cn2ccnnc2n1. The molecule has 0 aliphatic carbocycles. The summed E-state index contributed by atoms with van der Waals surface area (Å²) in [5, 5.41) is 16.6. The summed E-state index contributed by atoms with van der Waals surface area (Å²) in [6, 6.07) is 0. The number of hydrogen-bond donors (Lipinski definition) is 1. The Hall–Kier alpha value is -1.98. The van der Waals surface area contributed by atoms with E-state index in [2.05, 4.69) is 15.2 Å². The Balaban J connectivity index is 2.49. The maximum absolute atomic E-state index is 11.1. The minimum absolute atomic E-state index is 0.0182. The van der Waals surface area contributed by atoms with E-state index in [0.717, 1.165) is 0 Å². The van der Waals surface area contributed by atoms with Gasteiger partial charge in [0.05, 0.1) is 11.9 Å². The fraction of sp³-hybridized carbons (Fsp3) is 0.400. The fourth-order valence-corrected chi connectivity index (χ4v) is 1.68. The second-order valence-corrected chi connectivity index (χ2v) is 3.95. The predicted molar refractivity (Wildman–Crippen MR) is 56.0 cm³/mol. The maximum atomic E-state index is 11.1. The molecule has 6 heteroatoms. The molecule has 0 aliphatic rings. The number of aromatic nitrogens is 4. The Bertz CT molecular complexity index is 487. The van der Waals surface area contributed by atoms with Crippen LogP contribution < -0.4 is 0 Å². The van der Waals surface area contributed by atoms with Gasteiger partial charge in [0.25, 0.3) is 5.78 Å². The lowest BCUT2D eigenvalue weighted by molar-refractivity contribution is -0.139. The number of carboxylic acid groups (broad SMARTS) is 1. The van der Waals surface area contributed by atoms with Gasteiger partial charge in [0.15, 0.2) is 0 Å². The van der Waals surface area contributed by atoms with Crippen molar-refractivity contribution in [1.29, 1.82) is 0 Å². The van der Waals surface area contributed by atoms with Gasteiger partial charge in [0, 0.05) is 12.4 Å². The first-order valence-electron chi connectivity index (χ1n) is 4.98.